The Morgan fingerprint density at radius 3 is 2.71 bits per heavy atom. The molecule has 0 bridgehead atoms. The van der Waals surface area contributed by atoms with Gasteiger partial charge < -0.3 is 5.11 Å². The van der Waals surface area contributed by atoms with Crippen LogP contribution in [0.3, 0.4) is 0 Å². The molecule has 2 heterocycles. The van der Waals surface area contributed by atoms with Gasteiger partial charge in [0.05, 0.1) is 17.2 Å². The molecule has 2 aromatic rings. The molecule has 0 saturated heterocycles. The molecule has 1 N–H and O–H groups in total. The summed E-state index contributed by atoms with van der Waals surface area (Å²) < 4.78 is 0. The summed E-state index contributed by atoms with van der Waals surface area (Å²) in [6.07, 6.45) is 2.21. The summed E-state index contributed by atoms with van der Waals surface area (Å²) >= 11 is 3.51. The van der Waals surface area contributed by atoms with E-state index in [1.54, 1.807) is 22.7 Å². The van der Waals surface area contributed by atoms with Crippen LogP contribution in [0.15, 0.2) is 11.4 Å². The standard InChI is InChI=1S/C13H15NOS2/c1-8-3-6-16-10(8)12-14-9(2)11(17-12)13(7-15)4-5-13/h3,6,15H,4-5,7H2,1-2H3. The zero-order valence-corrected chi connectivity index (χ0v) is 11.6. The molecule has 2 aromatic heterocycles. The Morgan fingerprint density at radius 1 is 1.41 bits per heavy atom. The lowest BCUT2D eigenvalue weighted by Gasteiger charge is -2.08. The maximum absolute atomic E-state index is 9.51. The third-order valence-electron chi connectivity index (χ3n) is 3.49. The summed E-state index contributed by atoms with van der Waals surface area (Å²) in [4.78, 5) is 7.26. The monoisotopic (exact) mass is 265 g/mol. The first kappa shape index (κ1) is 11.4. The fourth-order valence-electron chi connectivity index (χ4n) is 2.19. The molecule has 4 heteroatoms. The Kier molecular flexibility index (Phi) is 2.61. The first-order valence-electron chi connectivity index (χ1n) is 5.79. The molecule has 0 aromatic carbocycles. The summed E-state index contributed by atoms with van der Waals surface area (Å²) in [5.41, 5.74) is 2.44. The first-order chi connectivity index (χ1) is 8.16. The van der Waals surface area contributed by atoms with E-state index in [-0.39, 0.29) is 12.0 Å². The molecule has 1 aliphatic carbocycles. The lowest BCUT2D eigenvalue weighted by Crippen LogP contribution is -2.11. The largest absolute Gasteiger partial charge is 0.395 e. The molecule has 0 aliphatic heterocycles. The van der Waals surface area contributed by atoms with Gasteiger partial charge in [0.25, 0.3) is 0 Å². The van der Waals surface area contributed by atoms with Gasteiger partial charge in [0, 0.05) is 10.3 Å². The van der Waals surface area contributed by atoms with Gasteiger partial charge in [-0.15, -0.1) is 22.7 Å². The van der Waals surface area contributed by atoms with E-state index in [4.69, 9.17) is 0 Å². The second-order valence-electron chi connectivity index (χ2n) is 4.80. The third kappa shape index (κ3) is 1.75. The van der Waals surface area contributed by atoms with E-state index in [9.17, 15) is 5.11 Å². The van der Waals surface area contributed by atoms with Gasteiger partial charge in [0.1, 0.15) is 5.01 Å². The van der Waals surface area contributed by atoms with Crippen LogP contribution in [-0.2, 0) is 5.41 Å². The highest BCUT2D eigenvalue weighted by Gasteiger charge is 2.46. The maximum Gasteiger partial charge on any atom is 0.134 e. The van der Waals surface area contributed by atoms with Gasteiger partial charge in [-0.1, -0.05) is 0 Å². The van der Waals surface area contributed by atoms with Crippen molar-refractivity contribution in [1.82, 2.24) is 4.98 Å². The molecule has 2 nitrogen and oxygen atoms in total. The minimum absolute atomic E-state index is 0.0468. The average molecular weight is 265 g/mol. The van der Waals surface area contributed by atoms with Gasteiger partial charge in [-0.05, 0) is 43.7 Å². The minimum atomic E-state index is 0.0468. The van der Waals surface area contributed by atoms with Crippen LogP contribution >= 0.6 is 22.7 Å². The van der Waals surface area contributed by atoms with E-state index >= 15 is 0 Å². The summed E-state index contributed by atoms with van der Waals surface area (Å²) in [7, 11) is 0. The number of hydrogen-bond donors (Lipinski definition) is 1. The highest BCUT2D eigenvalue weighted by Crippen LogP contribution is 2.52. The Labute approximate surface area is 109 Å². The van der Waals surface area contributed by atoms with E-state index in [1.807, 2.05) is 0 Å². The van der Waals surface area contributed by atoms with Gasteiger partial charge in [0.15, 0.2) is 0 Å². The van der Waals surface area contributed by atoms with Gasteiger partial charge in [-0.25, -0.2) is 4.98 Å². The Bertz CT molecular complexity index is 552. The third-order valence-corrected chi connectivity index (χ3v) is 6.06. The van der Waals surface area contributed by atoms with Gasteiger partial charge in [0.2, 0.25) is 0 Å². The van der Waals surface area contributed by atoms with Crippen molar-refractivity contribution in [3.8, 4) is 9.88 Å². The number of hydrogen-bond acceptors (Lipinski definition) is 4. The number of aliphatic hydroxyl groups is 1. The van der Waals surface area contributed by atoms with Gasteiger partial charge in [-0.3, -0.25) is 0 Å². The molecule has 0 unspecified atom stereocenters. The molecule has 3 rings (SSSR count). The molecule has 0 atom stereocenters. The van der Waals surface area contributed by atoms with Crippen molar-refractivity contribution < 1.29 is 5.11 Å². The molecule has 0 spiro atoms. The molecule has 0 radical (unpaired) electrons. The zero-order chi connectivity index (χ0) is 12.0. The fourth-order valence-corrected chi connectivity index (χ4v) is 4.57. The number of rotatable bonds is 3. The van der Waals surface area contributed by atoms with Crippen LogP contribution in [0.4, 0.5) is 0 Å². The summed E-state index contributed by atoms with van der Waals surface area (Å²) in [6, 6.07) is 2.13. The highest BCUT2D eigenvalue weighted by atomic mass is 32.1. The van der Waals surface area contributed by atoms with Gasteiger partial charge >= 0.3 is 0 Å². The topological polar surface area (TPSA) is 33.1 Å². The van der Waals surface area contributed by atoms with E-state index in [1.165, 1.54) is 15.3 Å². The average Bonchev–Trinajstić information content (AvgIpc) is 2.85. The van der Waals surface area contributed by atoms with Crippen molar-refractivity contribution in [1.29, 1.82) is 0 Å². The smallest absolute Gasteiger partial charge is 0.134 e. The summed E-state index contributed by atoms with van der Waals surface area (Å²) in [5, 5.41) is 12.7. The van der Waals surface area contributed by atoms with E-state index < -0.39 is 0 Å². The highest BCUT2D eigenvalue weighted by molar-refractivity contribution is 7.21. The summed E-state index contributed by atoms with van der Waals surface area (Å²) in [6.45, 7) is 4.45. The molecule has 0 amide bonds. The van der Waals surface area contributed by atoms with Crippen LogP contribution in [0.25, 0.3) is 9.88 Å². The maximum atomic E-state index is 9.51. The van der Waals surface area contributed by atoms with Crippen LogP contribution in [-0.4, -0.2) is 16.7 Å². The Hall–Kier alpha value is -0.710. The van der Waals surface area contributed by atoms with Crippen LogP contribution in [0.1, 0.15) is 29.0 Å². The molecule has 17 heavy (non-hydrogen) atoms. The predicted octanol–water partition coefficient (Wildman–Crippen LogP) is 3.51. The molecular formula is C13H15NOS2. The SMILES string of the molecule is Cc1ccsc1-c1nc(C)c(C2(CO)CC2)s1. The van der Waals surface area contributed by atoms with Crippen molar-refractivity contribution >= 4 is 22.7 Å². The van der Waals surface area contributed by atoms with Crippen molar-refractivity contribution in [2.24, 2.45) is 0 Å². The van der Waals surface area contributed by atoms with Crippen molar-refractivity contribution in [3.63, 3.8) is 0 Å². The fraction of sp³-hybridized carbons (Fsp3) is 0.462. The predicted molar refractivity (Wildman–Crippen MR) is 72.9 cm³/mol. The van der Waals surface area contributed by atoms with Crippen molar-refractivity contribution in [3.05, 3.63) is 27.6 Å². The first-order valence-corrected chi connectivity index (χ1v) is 7.49. The number of aryl methyl sites for hydroxylation is 2. The molecule has 90 valence electrons. The van der Waals surface area contributed by atoms with Gasteiger partial charge in [-0.2, -0.15) is 0 Å². The number of thiophene rings is 1. The second kappa shape index (κ2) is 3.90. The quantitative estimate of drug-likeness (QED) is 0.921. The molecule has 1 fully saturated rings. The van der Waals surface area contributed by atoms with E-state index in [0.717, 1.165) is 23.5 Å². The van der Waals surface area contributed by atoms with Crippen LogP contribution in [0.5, 0.6) is 0 Å². The minimum Gasteiger partial charge on any atom is -0.395 e. The molecule has 1 saturated carbocycles. The zero-order valence-electron chi connectivity index (χ0n) is 9.99. The Morgan fingerprint density at radius 2 is 2.18 bits per heavy atom. The van der Waals surface area contributed by atoms with E-state index in [2.05, 4.69) is 30.3 Å². The number of thiazole rings is 1. The normalized spacial score (nSPS) is 17.4. The molecule has 1 aliphatic rings. The Balaban J connectivity index is 2.05. The number of nitrogens with zero attached hydrogens (tertiary/aromatic N) is 1. The number of aliphatic hydroxyl groups excluding tert-OH is 1. The van der Waals surface area contributed by atoms with Crippen LogP contribution in [0.2, 0.25) is 0 Å². The summed E-state index contributed by atoms with van der Waals surface area (Å²) in [5.74, 6) is 0. The van der Waals surface area contributed by atoms with Crippen LogP contribution < -0.4 is 0 Å². The number of aromatic nitrogens is 1. The lowest BCUT2D eigenvalue weighted by atomic mass is 10.1. The van der Waals surface area contributed by atoms with Crippen molar-refractivity contribution in [2.75, 3.05) is 6.61 Å². The lowest BCUT2D eigenvalue weighted by molar-refractivity contribution is 0.256. The van der Waals surface area contributed by atoms with Crippen molar-refractivity contribution in [2.45, 2.75) is 32.1 Å². The molecular weight excluding hydrogens is 250 g/mol. The second-order valence-corrected chi connectivity index (χ2v) is 6.72. The van der Waals surface area contributed by atoms with Crippen LogP contribution in [0, 0.1) is 13.8 Å². The van der Waals surface area contributed by atoms with E-state index in [0.29, 0.717) is 0 Å².